The molecular weight excluding hydrogens is 354 g/mol. The fraction of sp³-hybridized carbons (Fsp3) is 0.211. The van der Waals surface area contributed by atoms with Gasteiger partial charge in [0.2, 0.25) is 0 Å². The summed E-state index contributed by atoms with van der Waals surface area (Å²) in [7, 11) is 0. The van der Waals surface area contributed by atoms with Crippen LogP contribution in [-0.2, 0) is 11.4 Å². The predicted octanol–water partition coefficient (Wildman–Crippen LogP) is 3.52. The van der Waals surface area contributed by atoms with Crippen molar-refractivity contribution in [1.29, 1.82) is 0 Å². The molecule has 134 valence electrons. The van der Waals surface area contributed by atoms with Crippen molar-refractivity contribution in [1.82, 2.24) is 4.98 Å². The van der Waals surface area contributed by atoms with E-state index in [4.69, 9.17) is 16.3 Å². The molecule has 0 radical (unpaired) electrons. The highest BCUT2D eigenvalue weighted by Gasteiger charge is 2.26. The van der Waals surface area contributed by atoms with Crippen molar-refractivity contribution in [3.8, 4) is 5.75 Å². The van der Waals surface area contributed by atoms with Crippen molar-refractivity contribution in [2.45, 2.75) is 19.1 Å². The number of rotatable bonds is 3. The maximum absolute atomic E-state index is 12.7. The minimum absolute atomic E-state index is 0.151. The lowest BCUT2D eigenvalue weighted by Crippen LogP contribution is -2.33. The van der Waals surface area contributed by atoms with E-state index in [1.807, 2.05) is 30.3 Å². The second kappa shape index (κ2) is 6.90. The predicted molar refractivity (Wildman–Crippen MR) is 102 cm³/mol. The Hall–Kier alpha value is -2.70. The summed E-state index contributed by atoms with van der Waals surface area (Å²) in [6, 6.07) is 12.8. The molecule has 0 saturated carbocycles. The summed E-state index contributed by atoms with van der Waals surface area (Å²) in [5.41, 5.74) is 2.32. The molecule has 1 unspecified atom stereocenters. The van der Waals surface area contributed by atoms with Gasteiger partial charge in [0, 0.05) is 34.5 Å². The average molecular weight is 372 g/mol. The summed E-state index contributed by atoms with van der Waals surface area (Å²) in [4.78, 5) is 15.8. The van der Waals surface area contributed by atoms with Crippen LogP contribution in [0.2, 0.25) is 5.02 Å². The maximum atomic E-state index is 12.7. The van der Waals surface area contributed by atoms with Crippen LogP contribution < -0.4 is 15.4 Å². The number of carbonyl (C=O) groups excluding carboxylic acids is 1. The molecule has 2 heterocycles. The molecular formula is C19H18ClN3O3. The van der Waals surface area contributed by atoms with Crippen molar-refractivity contribution in [3.63, 3.8) is 0 Å². The number of hydrogen-bond donors (Lipinski definition) is 4. The first-order chi connectivity index (χ1) is 12.6. The van der Waals surface area contributed by atoms with E-state index in [9.17, 15) is 9.90 Å². The first-order valence-electron chi connectivity index (χ1n) is 8.36. The highest BCUT2D eigenvalue weighted by Crippen LogP contribution is 2.33. The van der Waals surface area contributed by atoms with Crippen molar-refractivity contribution in [2.24, 2.45) is 0 Å². The molecule has 0 spiro atoms. The molecule has 0 saturated heterocycles. The van der Waals surface area contributed by atoms with E-state index in [-0.39, 0.29) is 12.5 Å². The standard InChI is InChI=1S/C19H18ClN3O3/c20-13-4-5-14-12(8-13)9-17(22-14)23-19(25)16-6-7-21-15-3-1-2-11(10-24)18(15)26-16/h1-5,8-9,16,21-22,24H,6-7,10H2,(H,23,25). The van der Waals surface area contributed by atoms with E-state index in [1.54, 1.807) is 12.1 Å². The van der Waals surface area contributed by atoms with Gasteiger partial charge >= 0.3 is 0 Å². The van der Waals surface area contributed by atoms with E-state index >= 15 is 0 Å². The van der Waals surface area contributed by atoms with Crippen LogP contribution in [0, 0.1) is 0 Å². The molecule has 6 nitrogen and oxygen atoms in total. The van der Waals surface area contributed by atoms with Gasteiger partial charge in [-0.3, -0.25) is 4.79 Å². The Balaban J connectivity index is 1.55. The van der Waals surface area contributed by atoms with E-state index in [1.165, 1.54) is 0 Å². The van der Waals surface area contributed by atoms with Crippen molar-refractivity contribution < 1.29 is 14.6 Å². The van der Waals surface area contributed by atoms with Gasteiger partial charge in [-0.05, 0) is 30.3 Å². The summed E-state index contributed by atoms with van der Waals surface area (Å²) in [6.45, 7) is 0.449. The van der Waals surface area contributed by atoms with Crippen LogP contribution in [0.3, 0.4) is 0 Å². The third kappa shape index (κ3) is 3.21. The number of aromatic amines is 1. The second-order valence-electron chi connectivity index (χ2n) is 6.18. The molecule has 4 N–H and O–H groups in total. The first kappa shape index (κ1) is 16.8. The first-order valence-corrected chi connectivity index (χ1v) is 8.74. The Kier molecular flexibility index (Phi) is 4.44. The molecule has 7 heteroatoms. The molecule has 4 rings (SSSR count). The summed E-state index contributed by atoms with van der Waals surface area (Å²) in [5, 5.41) is 17.2. The SMILES string of the molecule is O=C(Nc1cc2cc(Cl)ccc2[nH]1)C1CCNc2cccc(CO)c2O1. The molecule has 1 aliphatic heterocycles. The zero-order valence-corrected chi connectivity index (χ0v) is 14.6. The number of hydrogen-bond acceptors (Lipinski definition) is 4. The summed E-state index contributed by atoms with van der Waals surface area (Å²) in [6.07, 6.45) is -0.149. The lowest BCUT2D eigenvalue weighted by atomic mass is 10.2. The molecule has 1 amide bonds. The summed E-state index contributed by atoms with van der Waals surface area (Å²) >= 11 is 6.00. The van der Waals surface area contributed by atoms with Gasteiger partial charge in [0.15, 0.2) is 6.10 Å². The number of ether oxygens (including phenoxy) is 1. The minimum Gasteiger partial charge on any atom is -0.478 e. The summed E-state index contributed by atoms with van der Waals surface area (Å²) < 4.78 is 5.94. The monoisotopic (exact) mass is 371 g/mol. The Labute approximate surface area is 155 Å². The number of aromatic nitrogens is 1. The molecule has 0 bridgehead atoms. The van der Waals surface area contributed by atoms with Gasteiger partial charge in [0.1, 0.15) is 11.6 Å². The van der Waals surface area contributed by atoms with Crippen LogP contribution in [-0.4, -0.2) is 28.6 Å². The molecule has 1 atom stereocenters. The van der Waals surface area contributed by atoms with E-state index < -0.39 is 6.10 Å². The van der Waals surface area contributed by atoms with Gasteiger partial charge in [-0.15, -0.1) is 0 Å². The van der Waals surface area contributed by atoms with Crippen molar-refractivity contribution in [2.75, 3.05) is 17.2 Å². The number of anilines is 2. The van der Waals surface area contributed by atoms with Gasteiger partial charge in [-0.1, -0.05) is 23.7 Å². The van der Waals surface area contributed by atoms with E-state index in [0.717, 1.165) is 16.6 Å². The number of aliphatic hydroxyl groups is 1. The molecule has 26 heavy (non-hydrogen) atoms. The van der Waals surface area contributed by atoms with Crippen LogP contribution >= 0.6 is 11.6 Å². The van der Waals surface area contributed by atoms with Crippen LogP contribution in [0.4, 0.5) is 11.5 Å². The normalized spacial score (nSPS) is 16.3. The Morgan fingerprint density at radius 3 is 3.04 bits per heavy atom. The molecule has 3 aromatic rings. The van der Waals surface area contributed by atoms with Crippen LogP contribution in [0.1, 0.15) is 12.0 Å². The van der Waals surface area contributed by atoms with Crippen LogP contribution in [0.15, 0.2) is 42.5 Å². The maximum Gasteiger partial charge on any atom is 0.266 e. The lowest BCUT2D eigenvalue weighted by molar-refractivity contribution is -0.122. The van der Waals surface area contributed by atoms with Crippen LogP contribution in [0.5, 0.6) is 5.75 Å². The molecule has 0 aliphatic carbocycles. The highest BCUT2D eigenvalue weighted by molar-refractivity contribution is 6.31. The van der Waals surface area contributed by atoms with Gasteiger partial charge in [-0.25, -0.2) is 0 Å². The van der Waals surface area contributed by atoms with Gasteiger partial charge in [0.05, 0.1) is 12.3 Å². The largest absolute Gasteiger partial charge is 0.478 e. The molecule has 2 aromatic carbocycles. The van der Waals surface area contributed by atoms with Crippen molar-refractivity contribution in [3.05, 3.63) is 53.1 Å². The number of benzene rings is 2. The number of para-hydroxylation sites is 1. The van der Waals surface area contributed by atoms with Gasteiger partial charge in [0.25, 0.3) is 5.91 Å². The number of nitrogens with one attached hydrogen (secondary N) is 3. The van der Waals surface area contributed by atoms with Gasteiger partial charge in [-0.2, -0.15) is 0 Å². The number of halogens is 1. The summed E-state index contributed by atoms with van der Waals surface area (Å²) in [5.74, 6) is 0.866. The van der Waals surface area contributed by atoms with Crippen molar-refractivity contribution >= 4 is 39.9 Å². The quantitative estimate of drug-likeness (QED) is 0.567. The number of H-pyrrole nitrogens is 1. The molecule has 0 fully saturated rings. The van der Waals surface area contributed by atoms with E-state index in [2.05, 4.69) is 15.6 Å². The third-order valence-corrected chi connectivity index (χ3v) is 4.62. The topological polar surface area (TPSA) is 86.4 Å². The minimum atomic E-state index is -0.661. The Bertz CT molecular complexity index is 970. The fourth-order valence-corrected chi connectivity index (χ4v) is 3.28. The number of aliphatic hydroxyl groups excluding tert-OH is 1. The molecule has 1 aromatic heterocycles. The number of carbonyl (C=O) groups is 1. The zero-order chi connectivity index (χ0) is 18.1. The number of fused-ring (bicyclic) bond motifs is 2. The average Bonchev–Trinajstić information content (AvgIpc) is 2.88. The third-order valence-electron chi connectivity index (χ3n) is 4.38. The van der Waals surface area contributed by atoms with Gasteiger partial charge < -0.3 is 25.5 Å². The molecule has 1 aliphatic rings. The lowest BCUT2D eigenvalue weighted by Gasteiger charge is -2.17. The van der Waals surface area contributed by atoms with Crippen LogP contribution in [0.25, 0.3) is 10.9 Å². The second-order valence-corrected chi connectivity index (χ2v) is 6.61. The highest BCUT2D eigenvalue weighted by atomic mass is 35.5. The Morgan fingerprint density at radius 1 is 1.31 bits per heavy atom. The zero-order valence-electron chi connectivity index (χ0n) is 13.9. The Morgan fingerprint density at radius 2 is 2.19 bits per heavy atom. The fourth-order valence-electron chi connectivity index (χ4n) is 3.10. The smallest absolute Gasteiger partial charge is 0.266 e. The number of amides is 1. The van der Waals surface area contributed by atoms with E-state index in [0.29, 0.717) is 35.1 Å².